The maximum Gasteiger partial charge on any atom is 0.244 e. The number of benzene rings is 1. The van der Waals surface area contributed by atoms with Gasteiger partial charge in [-0.15, -0.1) is 0 Å². The van der Waals surface area contributed by atoms with Crippen LogP contribution in [0.25, 0.3) is 0 Å². The molecule has 0 bridgehead atoms. The van der Waals surface area contributed by atoms with Gasteiger partial charge in [-0.05, 0) is 43.7 Å². The Bertz CT molecular complexity index is 753. The van der Waals surface area contributed by atoms with Gasteiger partial charge in [0.2, 0.25) is 15.9 Å². The van der Waals surface area contributed by atoms with Gasteiger partial charge in [-0.3, -0.25) is 4.79 Å². The molecule has 1 aliphatic carbocycles. The quantitative estimate of drug-likeness (QED) is 0.634. The Morgan fingerprint density at radius 3 is 2.13 bits per heavy atom. The molecule has 0 radical (unpaired) electrons. The van der Waals surface area contributed by atoms with Crippen LogP contribution in [-0.4, -0.2) is 38.3 Å². The van der Waals surface area contributed by atoms with Crippen LogP contribution in [0.5, 0.6) is 0 Å². The third kappa shape index (κ3) is 6.96. The molecule has 1 heterocycles. The SMILES string of the molecule is C.C.O=C(NCC1CCN(S(=O)(=O)c2ccccc2Cl)CC1)C1CCCCCCC1. The average Bonchev–Trinajstić information content (AvgIpc) is 2.66. The van der Waals surface area contributed by atoms with Crippen LogP contribution in [0.4, 0.5) is 0 Å². The molecular weight excluding hydrogens is 420 g/mol. The Labute approximate surface area is 188 Å². The van der Waals surface area contributed by atoms with Gasteiger partial charge in [-0.1, -0.05) is 70.7 Å². The minimum absolute atomic E-state index is 0. The van der Waals surface area contributed by atoms with Crippen molar-refractivity contribution in [1.82, 2.24) is 9.62 Å². The van der Waals surface area contributed by atoms with Crippen molar-refractivity contribution in [2.75, 3.05) is 19.6 Å². The highest BCUT2D eigenvalue weighted by atomic mass is 35.5. The van der Waals surface area contributed by atoms with E-state index in [0.29, 0.717) is 25.6 Å². The Kier molecular flexibility index (Phi) is 11.4. The molecule has 1 aliphatic heterocycles. The third-order valence-electron chi connectivity index (χ3n) is 6.07. The number of halogens is 1. The number of amides is 1. The second-order valence-corrected chi connectivity index (χ2v) is 10.4. The first kappa shape index (κ1) is 26.9. The van der Waals surface area contributed by atoms with Crippen LogP contribution in [-0.2, 0) is 14.8 Å². The van der Waals surface area contributed by atoms with Crippen molar-refractivity contribution in [3.63, 3.8) is 0 Å². The number of rotatable bonds is 5. The van der Waals surface area contributed by atoms with Crippen molar-refractivity contribution >= 4 is 27.5 Å². The topological polar surface area (TPSA) is 66.5 Å². The van der Waals surface area contributed by atoms with Crippen molar-refractivity contribution in [3.8, 4) is 0 Å². The molecule has 1 amide bonds. The van der Waals surface area contributed by atoms with E-state index in [1.807, 2.05) is 0 Å². The van der Waals surface area contributed by atoms with Gasteiger partial charge < -0.3 is 5.32 Å². The number of piperidine rings is 1. The zero-order valence-corrected chi connectivity index (χ0v) is 18.0. The zero-order valence-electron chi connectivity index (χ0n) is 16.4. The number of carbonyl (C=O) groups excluding carboxylic acids is 1. The van der Waals surface area contributed by atoms with Crippen molar-refractivity contribution in [3.05, 3.63) is 29.3 Å². The van der Waals surface area contributed by atoms with Crippen LogP contribution < -0.4 is 5.32 Å². The predicted molar refractivity (Wildman–Crippen MR) is 125 cm³/mol. The second kappa shape index (κ2) is 12.7. The normalized spacial score (nSPS) is 19.6. The van der Waals surface area contributed by atoms with Gasteiger partial charge >= 0.3 is 0 Å². The van der Waals surface area contributed by atoms with E-state index in [2.05, 4.69) is 5.32 Å². The van der Waals surface area contributed by atoms with E-state index >= 15 is 0 Å². The summed E-state index contributed by atoms with van der Waals surface area (Å²) in [4.78, 5) is 12.7. The summed E-state index contributed by atoms with van der Waals surface area (Å²) in [5.74, 6) is 0.671. The highest BCUT2D eigenvalue weighted by Crippen LogP contribution is 2.28. The van der Waals surface area contributed by atoms with Crippen molar-refractivity contribution < 1.29 is 13.2 Å². The molecule has 1 aromatic rings. The van der Waals surface area contributed by atoms with Gasteiger partial charge in [0.25, 0.3) is 0 Å². The van der Waals surface area contributed by atoms with Gasteiger partial charge in [-0.25, -0.2) is 8.42 Å². The number of nitrogens with zero attached hydrogens (tertiary/aromatic N) is 1. The molecule has 0 spiro atoms. The second-order valence-electron chi connectivity index (χ2n) is 8.07. The summed E-state index contributed by atoms with van der Waals surface area (Å²) in [7, 11) is -3.56. The Morgan fingerprint density at radius 1 is 0.967 bits per heavy atom. The summed E-state index contributed by atoms with van der Waals surface area (Å²) in [5, 5.41) is 3.40. The average molecular weight is 459 g/mol. The molecular formula is C23H39ClN2O3S. The number of sulfonamides is 1. The molecule has 1 aromatic carbocycles. The number of nitrogens with one attached hydrogen (secondary N) is 1. The molecule has 30 heavy (non-hydrogen) atoms. The van der Waals surface area contributed by atoms with Gasteiger partial charge in [0.05, 0.1) is 5.02 Å². The van der Waals surface area contributed by atoms with Gasteiger partial charge in [0.15, 0.2) is 0 Å². The Hall–Kier alpha value is -1.11. The van der Waals surface area contributed by atoms with Crippen LogP contribution >= 0.6 is 11.6 Å². The lowest BCUT2D eigenvalue weighted by molar-refractivity contribution is -0.125. The lowest BCUT2D eigenvalue weighted by Crippen LogP contribution is -2.42. The van der Waals surface area contributed by atoms with Crippen molar-refractivity contribution in [2.45, 2.75) is 77.5 Å². The summed E-state index contributed by atoms with van der Waals surface area (Å²) >= 11 is 6.08. The van der Waals surface area contributed by atoms with E-state index in [-0.39, 0.29) is 36.6 Å². The fourth-order valence-electron chi connectivity index (χ4n) is 4.25. The molecule has 1 N–H and O–H groups in total. The highest BCUT2D eigenvalue weighted by Gasteiger charge is 2.31. The Balaban J connectivity index is 0.00000225. The van der Waals surface area contributed by atoms with E-state index in [4.69, 9.17) is 11.6 Å². The first-order chi connectivity index (χ1) is 13.5. The number of hydrogen-bond donors (Lipinski definition) is 1. The highest BCUT2D eigenvalue weighted by molar-refractivity contribution is 7.89. The first-order valence-corrected chi connectivity index (χ1v) is 12.3. The van der Waals surface area contributed by atoms with Crippen LogP contribution in [0, 0.1) is 11.8 Å². The molecule has 1 saturated heterocycles. The molecule has 1 saturated carbocycles. The van der Waals surface area contributed by atoms with Crippen LogP contribution in [0.2, 0.25) is 5.02 Å². The lowest BCUT2D eigenvalue weighted by Gasteiger charge is -2.31. The zero-order chi connectivity index (χ0) is 20.0. The van der Waals surface area contributed by atoms with E-state index in [1.165, 1.54) is 23.6 Å². The molecule has 2 aliphatic rings. The van der Waals surface area contributed by atoms with E-state index < -0.39 is 10.0 Å². The van der Waals surface area contributed by atoms with Crippen LogP contribution in [0.3, 0.4) is 0 Å². The fraction of sp³-hybridized carbons (Fsp3) is 0.696. The summed E-state index contributed by atoms with van der Waals surface area (Å²) in [6, 6.07) is 6.58. The van der Waals surface area contributed by atoms with E-state index in [9.17, 15) is 13.2 Å². The molecule has 2 fully saturated rings. The lowest BCUT2D eigenvalue weighted by atomic mass is 9.90. The Morgan fingerprint density at radius 2 is 1.53 bits per heavy atom. The fourth-order valence-corrected chi connectivity index (χ4v) is 6.22. The smallest absolute Gasteiger partial charge is 0.244 e. The summed E-state index contributed by atoms with van der Waals surface area (Å²) < 4.78 is 27.2. The maximum absolute atomic E-state index is 12.8. The van der Waals surface area contributed by atoms with E-state index in [0.717, 1.165) is 38.5 Å². The molecule has 5 nitrogen and oxygen atoms in total. The molecule has 7 heteroatoms. The van der Waals surface area contributed by atoms with Crippen LogP contribution in [0.1, 0.15) is 72.6 Å². The largest absolute Gasteiger partial charge is 0.356 e. The summed E-state index contributed by atoms with van der Waals surface area (Å²) in [5.41, 5.74) is 0. The van der Waals surface area contributed by atoms with E-state index in [1.54, 1.807) is 24.3 Å². The number of hydrogen-bond acceptors (Lipinski definition) is 3. The summed E-state index contributed by atoms with van der Waals surface area (Å²) in [6.07, 6.45) is 9.59. The molecule has 0 atom stereocenters. The van der Waals surface area contributed by atoms with Gasteiger partial charge in [0.1, 0.15) is 4.90 Å². The van der Waals surface area contributed by atoms with Gasteiger partial charge in [0, 0.05) is 25.6 Å². The minimum Gasteiger partial charge on any atom is -0.356 e. The minimum atomic E-state index is -3.56. The van der Waals surface area contributed by atoms with Gasteiger partial charge in [-0.2, -0.15) is 4.31 Å². The number of carbonyl (C=O) groups is 1. The summed E-state index contributed by atoms with van der Waals surface area (Å²) in [6.45, 7) is 1.59. The first-order valence-electron chi connectivity index (χ1n) is 10.5. The van der Waals surface area contributed by atoms with Crippen molar-refractivity contribution in [1.29, 1.82) is 0 Å². The molecule has 172 valence electrons. The maximum atomic E-state index is 12.8. The standard InChI is InChI=1S/C21H31ClN2O3S.2CH4/c22-19-10-6-7-11-20(19)28(26,27)24-14-12-17(13-15-24)16-23-21(25)18-8-4-2-1-3-5-9-18;;/h6-7,10-11,17-18H,1-5,8-9,12-16H2,(H,23,25);2*1H4. The molecule has 0 aromatic heterocycles. The molecule has 3 rings (SSSR count). The molecule has 0 unspecified atom stereocenters. The monoisotopic (exact) mass is 458 g/mol. The third-order valence-corrected chi connectivity index (χ3v) is 8.47. The predicted octanol–water partition coefficient (Wildman–Crippen LogP) is 5.49. The van der Waals surface area contributed by atoms with Crippen molar-refractivity contribution in [2.24, 2.45) is 11.8 Å². The van der Waals surface area contributed by atoms with Crippen LogP contribution in [0.15, 0.2) is 29.2 Å².